The van der Waals surface area contributed by atoms with Crippen LogP contribution in [0, 0.1) is 5.92 Å². The van der Waals surface area contributed by atoms with Crippen LogP contribution in [0.3, 0.4) is 0 Å². The van der Waals surface area contributed by atoms with Crippen molar-refractivity contribution in [1.82, 2.24) is 10.2 Å². The van der Waals surface area contributed by atoms with E-state index in [1.54, 1.807) is 12.1 Å². The van der Waals surface area contributed by atoms with E-state index < -0.39 is 0 Å². The Labute approximate surface area is 113 Å². The Hall–Kier alpha value is -1.26. The monoisotopic (exact) mass is 260 g/mol. The summed E-state index contributed by atoms with van der Waals surface area (Å²) in [4.78, 5) is 2.56. The molecule has 3 saturated heterocycles. The van der Waals surface area contributed by atoms with E-state index in [2.05, 4.69) is 10.2 Å². The molecule has 3 fully saturated rings. The zero-order valence-corrected chi connectivity index (χ0v) is 11.0. The molecule has 2 bridgehead atoms. The Morgan fingerprint density at radius 3 is 2.84 bits per heavy atom. The maximum absolute atomic E-state index is 9.48. The minimum Gasteiger partial charge on any atom is -0.508 e. The van der Waals surface area contributed by atoms with Crippen LogP contribution < -0.4 is 10.1 Å². The lowest BCUT2D eigenvalue weighted by atomic mass is 9.83. The van der Waals surface area contributed by atoms with Gasteiger partial charge in [0, 0.05) is 24.2 Å². The molecule has 2 atom stereocenters. The first-order valence-electron chi connectivity index (χ1n) is 7.24. The molecular formula is C15H20N2O2. The number of nitrogens with one attached hydrogen (secondary N) is 1. The van der Waals surface area contributed by atoms with Gasteiger partial charge in [-0.15, -0.1) is 0 Å². The molecule has 0 spiro atoms. The number of phenolic OH excluding ortho intramolecular Hbond substituents is 1. The standard InChI is InChI=1S/C15H20N2O2/c18-11-1-2-12-14(9-19-15(12)7-11)16-13-8-17-5-3-10(13)4-6-17/h1-2,7,10,13-14,16,18H,3-6,8-9H2. The van der Waals surface area contributed by atoms with Crippen LogP contribution in [-0.4, -0.2) is 42.3 Å². The second-order valence-corrected chi connectivity index (χ2v) is 6.00. The van der Waals surface area contributed by atoms with Crippen LogP contribution in [0.1, 0.15) is 24.4 Å². The minimum atomic E-state index is 0.279. The van der Waals surface area contributed by atoms with Gasteiger partial charge in [-0.05, 0) is 44.0 Å². The minimum absolute atomic E-state index is 0.279. The molecule has 1 aromatic carbocycles. The summed E-state index contributed by atoms with van der Waals surface area (Å²) in [5.74, 6) is 1.94. The molecule has 1 aromatic rings. The molecule has 0 amide bonds. The van der Waals surface area contributed by atoms with Gasteiger partial charge in [0.05, 0.1) is 6.04 Å². The highest BCUT2D eigenvalue weighted by Gasteiger charge is 2.36. The molecule has 102 valence electrons. The highest BCUT2D eigenvalue weighted by Crippen LogP contribution is 2.37. The van der Waals surface area contributed by atoms with E-state index in [4.69, 9.17) is 4.74 Å². The molecule has 4 heteroatoms. The fourth-order valence-corrected chi connectivity index (χ4v) is 3.75. The number of phenols is 1. The van der Waals surface area contributed by atoms with Crippen molar-refractivity contribution in [2.45, 2.75) is 24.9 Å². The summed E-state index contributed by atoms with van der Waals surface area (Å²) in [6.45, 7) is 4.40. The van der Waals surface area contributed by atoms with Crippen LogP contribution in [0.25, 0.3) is 0 Å². The highest BCUT2D eigenvalue weighted by molar-refractivity contribution is 5.44. The van der Waals surface area contributed by atoms with Crippen molar-refractivity contribution >= 4 is 0 Å². The second kappa shape index (κ2) is 4.39. The number of rotatable bonds is 2. The zero-order valence-electron chi connectivity index (χ0n) is 11.0. The maximum atomic E-state index is 9.48. The Morgan fingerprint density at radius 1 is 1.26 bits per heavy atom. The van der Waals surface area contributed by atoms with E-state index in [0.29, 0.717) is 12.6 Å². The third kappa shape index (κ3) is 1.99. The van der Waals surface area contributed by atoms with Crippen molar-refractivity contribution in [1.29, 1.82) is 0 Å². The normalized spacial score (nSPS) is 36.0. The third-order valence-electron chi connectivity index (χ3n) is 4.85. The molecule has 0 radical (unpaired) electrons. The summed E-state index contributed by atoms with van der Waals surface area (Å²) in [6, 6.07) is 6.32. The second-order valence-electron chi connectivity index (χ2n) is 6.00. The zero-order chi connectivity index (χ0) is 12.8. The fourth-order valence-electron chi connectivity index (χ4n) is 3.75. The summed E-state index contributed by atoms with van der Waals surface area (Å²) in [7, 11) is 0. The van der Waals surface area contributed by atoms with Crippen LogP contribution in [0.2, 0.25) is 0 Å². The maximum Gasteiger partial charge on any atom is 0.127 e. The van der Waals surface area contributed by atoms with Gasteiger partial charge in [-0.25, -0.2) is 0 Å². The van der Waals surface area contributed by atoms with E-state index >= 15 is 0 Å². The van der Waals surface area contributed by atoms with Gasteiger partial charge >= 0.3 is 0 Å². The molecule has 4 heterocycles. The van der Waals surface area contributed by atoms with Crippen molar-refractivity contribution < 1.29 is 9.84 Å². The molecular weight excluding hydrogens is 240 g/mol. The quantitative estimate of drug-likeness (QED) is 0.846. The molecule has 0 aliphatic carbocycles. The van der Waals surface area contributed by atoms with E-state index in [1.165, 1.54) is 38.0 Å². The lowest BCUT2D eigenvalue weighted by molar-refractivity contribution is 0.0652. The average molecular weight is 260 g/mol. The molecule has 4 nitrogen and oxygen atoms in total. The lowest BCUT2D eigenvalue weighted by Crippen LogP contribution is -2.56. The molecule has 2 unspecified atom stereocenters. The summed E-state index contributed by atoms with van der Waals surface area (Å²) in [5.41, 5.74) is 1.19. The number of hydrogen-bond acceptors (Lipinski definition) is 4. The average Bonchev–Trinajstić information content (AvgIpc) is 2.82. The number of fused-ring (bicyclic) bond motifs is 4. The van der Waals surface area contributed by atoms with Gasteiger partial charge in [-0.1, -0.05) is 0 Å². The Morgan fingerprint density at radius 2 is 2.11 bits per heavy atom. The SMILES string of the molecule is Oc1ccc2c(c1)OCC2NC1CN2CCC1CC2. The number of piperidine rings is 3. The molecule has 2 N–H and O–H groups in total. The summed E-state index contributed by atoms with van der Waals surface area (Å²) in [5, 5.41) is 13.3. The van der Waals surface area contributed by atoms with Gasteiger partial charge in [0.25, 0.3) is 0 Å². The van der Waals surface area contributed by atoms with Crippen molar-refractivity contribution in [3.05, 3.63) is 23.8 Å². The Bertz CT molecular complexity index is 483. The largest absolute Gasteiger partial charge is 0.508 e. The Kier molecular flexibility index (Phi) is 2.67. The van der Waals surface area contributed by atoms with Crippen LogP contribution in [0.15, 0.2) is 18.2 Å². The smallest absolute Gasteiger partial charge is 0.127 e. The van der Waals surface area contributed by atoms with E-state index in [1.807, 2.05) is 6.07 Å². The first-order valence-corrected chi connectivity index (χ1v) is 7.24. The predicted molar refractivity (Wildman–Crippen MR) is 72.4 cm³/mol. The number of aromatic hydroxyl groups is 1. The van der Waals surface area contributed by atoms with Crippen LogP contribution in [-0.2, 0) is 0 Å². The van der Waals surface area contributed by atoms with Gasteiger partial charge in [0.2, 0.25) is 0 Å². The molecule has 4 aliphatic heterocycles. The van der Waals surface area contributed by atoms with Gasteiger partial charge in [-0.2, -0.15) is 0 Å². The number of benzene rings is 1. The summed E-state index contributed by atoms with van der Waals surface area (Å²) in [6.07, 6.45) is 2.65. The first-order chi connectivity index (χ1) is 9.29. The fraction of sp³-hybridized carbons (Fsp3) is 0.600. The van der Waals surface area contributed by atoms with Gasteiger partial charge < -0.3 is 20.1 Å². The number of hydrogen-bond donors (Lipinski definition) is 2. The van der Waals surface area contributed by atoms with Crippen LogP contribution in [0.4, 0.5) is 0 Å². The molecule has 5 rings (SSSR count). The molecule has 19 heavy (non-hydrogen) atoms. The number of nitrogens with zero attached hydrogens (tertiary/aromatic N) is 1. The first kappa shape index (κ1) is 11.6. The number of ether oxygens (including phenoxy) is 1. The van der Waals surface area contributed by atoms with E-state index in [0.717, 1.165) is 11.7 Å². The van der Waals surface area contributed by atoms with Crippen molar-refractivity contribution in [2.75, 3.05) is 26.2 Å². The highest BCUT2D eigenvalue weighted by atomic mass is 16.5. The van der Waals surface area contributed by atoms with Crippen molar-refractivity contribution in [2.24, 2.45) is 5.92 Å². The van der Waals surface area contributed by atoms with Crippen LogP contribution in [0.5, 0.6) is 11.5 Å². The molecule has 4 aliphatic rings. The van der Waals surface area contributed by atoms with E-state index in [-0.39, 0.29) is 11.8 Å². The molecule has 0 aromatic heterocycles. The Balaban J connectivity index is 1.50. The summed E-state index contributed by atoms with van der Waals surface area (Å²) >= 11 is 0. The van der Waals surface area contributed by atoms with Crippen molar-refractivity contribution in [3.8, 4) is 11.5 Å². The van der Waals surface area contributed by atoms with Gasteiger partial charge in [-0.3, -0.25) is 0 Å². The molecule has 0 saturated carbocycles. The van der Waals surface area contributed by atoms with Crippen molar-refractivity contribution in [3.63, 3.8) is 0 Å². The summed E-state index contributed by atoms with van der Waals surface area (Å²) < 4.78 is 5.68. The van der Waals surface area contributed by atoms with Gasteiger partial charge in [0.15, 0.2) is 0 Å². The van der Waals surface area contributed by atoms with E-state index in [9.17, 15) is 5.11 Å². The third-order valence-corrected chi connectivity index (χ3v) is 4.85. The topological polar surface area (TPSA) is 44.7 Å². The lowest BCUT2D eigenvalue weighted by Gasteiger charge is -2.45. The predicted octanol–water partition coefficient (Wildman–Crippen LogP) is 1.51. The van der Waals surface area contributed by atoms with Crippen LogP contribution >= 0.6 is 0 Å². The van der Waals surface area contributed by atoms with Gasteiger partial charge in [0.1, 0.15) is 18.1 Å².